The van der Waals surface area contributed by atoms with Crippen molar-refractivity contribution in [2.75, 3.05) is 6.54 Å². The first-order valence-corrected chi connectivity index (χ1v) is 14.0. The Morgan fingerprint density at radius 1 is 0.848 bits per heavy atom. The number of aliphatic carboxylic acids is 4. The highest BCUT2D eigenvalue weighted by Crippen LogP contribution is 2.38. The molecule has 0 aromatic heterocycles. The van der Waals surface area contributed by atoms with Gasteiger partial charge in [-0.3, -0.25) is 9.59 Å². The van der Waals surface area contributed by atoms with E-state index in [2.05, 4.69) is 0 Å². The summed E-state index contributed by atoms with van der Waals surface area (Å²) in [7, 11) is 0. The summed E-state index contributed by atoms with van der Waals surface area (Å²) >= 11 is 0. The van der Waals surface area contributed by atoms with Gasteiger partial charge in [0.15, 0.2) is 23.7 Å². The summed E-state index contributed by atoms with van der Waals surface area (Å²) in [5.41, 5.74) is 1.38. The Kier molecular flexibility index (Phi) is 10.2. The SMILES string of the molecule is CC(C(CCc1ccccc1)c1ccc(Oc2ccccc2)c(O)c1)N(CC(=O)O)C(=O)C1OC(C(=O)O)(C(=O)O)OC1C(=O)O. The molecule has 1 saturated heterocycles. The predicted molar refractivity (Wildman–Crippen MR) is 156 cm³/mol. The number of aromatic hydroxyl groups is 1. The molecule has 4 unspecified atom stereocenters. The van der Waals surface area contributed by atoms with Gasteiger partial charge in [-0.25, -0.2) is 14.4 Å². The fraction of sp³-hybridized carbons (Fsp3) is 0.281. The number of carbonyl (C=O) groups excluding carboxylic acids is 1. The summed E-state index contributed by atoms with van der Waals surface area (Å²) in [5, 5.41) is 49.3. The zero-order valence-electron chi connectivity index (χ0n) is 24.4. The maximum atomic E-state index is 13.8. The van der Waals surface area contributed by atoms with E-state index in [4.69, 9.17) is 14.2 Å². The lowest BCUT2D eigenvalue weighted by atomic mass is 9.85. The molecule has 1 amide bonds. The van der Waals surface area contributed by atoms with Crippen LogP contribution >= 0.6 is 0 Å². The van der Waals surface area contributed by atoms with Gasteiger partial charge in [-0.2, -0.15) is 0 Å². The van der Waals surface area contributed by atoms with Gasteiger partial charge in [0.05, 0.1) is 0 Å². The molecule has 1 aliphatic rings. The molecule has 0 saturated carbocycles. The minimum atomic E-state index is -3.52. The molecule has 1 heterocycles. The lowest BCUT2D eigenvalue weighted by Crippen LogP contribution is -2.53. The summed E-state index contributed by atoms with van der Waals surface area (Å²) in [4.78, 5) is 62.1. The van der Waals surface area contributed by atoms with E-state index >= 15 is 0 Å². The predicted octanol–water partition coefficient (Wildman–Crippen LogP) is 2.94. The quantitative estimate of drug-likeness (QED) is 0.161. The molecule has 3 aromatic carbocycles. The van der Waals surface area contributed by atoms with Crippen LogP contribution < -0.4 is 4.74 Å². The highest BCUT2D eigenvalue weighted by atomic mass is 16.8. The van der Waals surface area contributed by atoms with E-state index in [9.17, 15) is 49.5 Å². The van der Waals surface area contributed by atoms with Crippen LogP contribution in [0.3, 0.4) is 0 Å². The van der Waals surface area contributed by atoms with Crippen molar-refractivity contribution in [3.8, 4) is 17.2 Å². The van der Waals surface area contributed by atoms with Crippen molar-refractivity contribution in [1.29, 1.82) is 0 Å². The topological polar surface area (TPSA) is 217 Å². The number of para-hydroxylation sites is 1. The second-order valence-electron chi connectivity index (χ2n) is 10.5. The Bertz CT molecular complexity index is 1580. The smallest absolute Gasteiger partial charge is 0.377 e. The monoisotopic (exact) mass is 637 g/mol. The molecule has 3 aromatic rings. The largest absolute Gasteiger partial charge is 0.504 e. The van der Waals surface area contributed by atoms with Gasteiger partial charge in [0, 0.05) is 12.0 Å². The second-order valence-corrected chi connectivity index (χ2v) is 10.5. The Balaban J connectivity index is 1.72. The maximum absolute atomic E-state index is 13.8. The van der Waals surface area contributed by atoms with Crippen LogP contribution in [0.25, 0.3) is 0 Å². The van der Waals surface area contributed by atoms with Crippen LogP contribution in [-0.2, 0) is 39.9 Å². The molecule has 46 heavy (non-hydrogen) atoms. The molecule has 1 fully saturated rings. The lowest BCUT2D eigenvalue weighted by molar-refractivity contribution is -0.221. The number of hydrogen-bond donors (Lipinski definition) is 5. The van der Waals surface area contributed by atoms with Gasteiger partial charge in [0.1, 0.15) is 12.3 Å². The van der Waals surface area contributed by atoms with E-state index in [0.717, 1.165) is 10.5 Å². The number of phenolic OH excluding ortho intramolecular Hbond substituents is 1. The molecule has 14 nitrogen and oxygen atoms in total. The Morgan fingerprint density at radius 3 is 1.98 bits per heavy atom. The van der Waals surface area contributed by atoms with Crippen molar-refractivity contribution in [2.45, 2.75) is 49.7 Å². The fourth-order valence-corrected chi connectivity index (χ4v) is 5.23. The molecule has 14 heteroatoms. The van der Waals surface area contributed by atoms with E-state index in [0.29, 0.717) is 24.2 Å². The minimum absolute atomic E-state index is 0.127. The van der Waals surface area contributed by atoms with Gasteiger partial charge in [0.2, 0.25) is 0 Å². The molecule has 0 bridgehead atoms. The first-order valence-electron chi connectivity index (χ1n) is 14.0. The number of amides is 1. The van der Waals surface area contributed by atoms with Crippen LogP contribution in [0.2, 0.25) is 0 Å². The maximum Gasteiger partial charge on any atom is 0.377 e. The molecule has 242 valence electrons. The number of nitrogens with zero attached hydrogens (tertiary/aromatic N) is 1. The standard InChI is InChI=1S/C32H31NO13/c1-18(33(17-25(35)36)28(37)26-27(29(38)39)46-32(45-26,30(40)41)31(42)43)22(14-12-19-8-4-2-5-9-19)20-13-15-24(23(34)16-20)44-21-10-6-3-7-11-21/h2-11,13,15-16,18,22,26-27,34H,12,14,17H2,1H3,(H,35,36)(H,38,39)(H,40,41)(H,42,43). The van der Waals surface area contributed by atoms with Gasteiger partial charge in [0.25, 0.3) is 5.91 Å². The van der Waals surface area contributed by atoms with Gasteiger partial charge in [-0.15, -0.1) is 0 Å². The molecular weight excluding hydrogens is 606 g/mol. The third-order valence-corrected chi connectivity index (χ3v) is 7.54. The lowest BCUT2D eigenvalue weighted by Gasteiger charge is -2.36. The summed E-state index contributed by atoms with van der Waals surface area (Å²) < 4.78 is 15.5. The van der Waals surface area contributed by atoms with E-state index in [1.54, 1.807) is 36.4 Å². The van der Waals surface area contributed by atoms with E-state index in [1.165, 1.54) is 19.1 Å². The van der Waals surface area contributed by atoms with Crippen LogP contribution in [0, 0.1) is 0 Å². The van der Waals surface area contributed by atoms with Gasteiger partial charge in [-0.05, 0) is 55.2 Å². The molecule has 0 radical (unpaired) electrons. The average Bonchev–Trinajstić information content (AvgIpc) is 3.45. The molecule has 1 aliphatic heterocycles. The van der Waals surface area contributed by atoms with E-state index in [-0.39, 0.29) is 11.5 Å². The van der Waals surface area contributed by atoms with Crippen LogP contribution in [0.4, 0.5) is 0 Å². The van der Waals surface area contributed by atoms with Gasteiger partial charge < -0.3 is 44.6 Å². The zero-order chi connectivity index (χ0) is 33.6. The molecule has 0 aliphatic carbocycles. The first kappa shape index (κ1) is 33.4. The number of carbonyl (C=O) groups is 5. The molecule has 4 rings (SSSR count). The van der Waals surface area contributed by atoms with Gasteiger partial charge in [-0.1, -0.05) is 54.6 Å². The first-order chi connectivity index (χ1) is 21.8. The third kappa shape index (κ3) is 7.25. The summed E-state index contributed by atoms with van der Waals surface area (Å²) in [6, 6.07) is 21.4. The van der Waals surface area contributed by atoms with Crippen molar-refractivity contribution in [3.63, 3.8) is 0 Å². The summed E-state index contributed by atoms with van der Waals surface area (Å²) in [6.07, 6.45) is -3.97. The molecule has 4 atom stereocenters. The number of phenols is 1. The normalized spacial score (nSPS) is 18.2. The third-order valence-electron chi connectivity index (χ3n) is 7.54. The Labute approximate surface area is 262 Å². The molecule has 5 N–H and O–H groups in total. The van der Waals surface area contributed by atoms with Crippen molar-refractivity contribution in [1.82, 2.24) is 4.90 Å². The van der Waals surface area contributed by atoms with Crippen LogP contribution in [0.1, 0.15) is 30.4 Å². The number of carboxylic acid groups (broad SMARTS) is 4. The van der Waals surface area contributed by atoms with Crippen LogP contribution in [-0.4, -0.2) is 90.8 Å². The Morgan fingerprint density at radius 2 is 1.43 bits per heavy atom. The zero-order valence-corrected chi connectivity index (χ0v) is 24.4. The number of carboxylic acids is 4. The molecular formula is C32H31NO13. The summed E-state index contributed by atoms with van der Waals surface area (Å²) in [5.74, 6) is -13.0. The van der Waals surface area contributed by atoms with Crippen molar-refractivity contribution in [3.05, 3.63) is 90.0 Å². The van der Waals surface area contributed by atoms with E-state index < -0.39 is 66.3 Å². The number of benzene rings is 3. The molecule has 0 spiro atoms. The van der Waals surface area contributed by atoms with Crippen LogP contribution in [0.5, 0.6) is 17.2 Å². The fourth-order valence-electron chi connectivity index (χ4n) is 5.23. The highest BCUT2D eigenvalue weighted by molar-refractivity contribution is 6.02. The van der Waals surface area contributed by atoms with Gasteiger partial charge >= 0.3 is 29.7 Å². The Hall–Kier alpha value is -5.47. The highest BCUT2D eigenvalue weighted by Gasteiger charge is 2.64. The minimum Gasteiger partial charge on any atom is -0.504 e. The van der Waals surface area contributed by atoms with Crippen molar-refractivity contribution >= 4 is 29.8 Å². The van der Waals surface area contributed by atoms with Crippen molar-refractivity contribution in [2.24, 2.45) is 0 Å². The second kappa shape index (κ2) is 14.1. The summed E-state index contributed by atoms with van der Waals surface area (Å²) in [6.45, 7) is 0.511. The van der Waals surface area contributed by atoms with Crippen LogP contribution in [0.15, 0.2) is 78.9 Å². The number of aryl methyl sites for hydroxylation is 1. The number of rotatable bonds is 14. The van der Waals surface area contributed by atoms with E-state index in [1.807, 2.05) is 30.3 Å². The average molecular weight is 638 g/mol. The number of ether oxygens (including phenoxy) is 3. The van der Waals surface area contributed by atoms with Crippen molar-refractivity contribution < 1.29 is 63.7 Å². The number of hydrogen-bond acceptors (Lipinski definition) is 9.